The van der Waals surface area contributed by atoms with E-state index in [1.807, 2.05) is 0 Å². The van der Waals surface area contributed by atoms with Gasteiger partial charge in [0.25, 0.3) is 0 Å². The summed E-state index contributed by atoms with van der Waals surface area (Å²) in [5, 5.41) is 5.98. The lowest BCUT2D eigenvalue weighted by Crippen LogP contribution is -1.67. The second-order valence-corrected chi connectivity index (χ2v) is 0.615. The number of hydrogen-bond acceptors (Lipinski definition) is 1. The lowest BCUT2D eigenvalue weighted by molar-refractivity contribution is 0.222. The van der Waals surface area contributed by atoms with E-state index in [9.17, 15) is 0 Å². The molecule has 0 rings (SSSR count). The maximum Gasteiger partial charge on any atom is 0.397 e. The topological polar surface area (TPSA) is 37.3 Å². The van der Waals surface area contributed by atoms with E-state index in [4.69, 9.17) is 9.90 Å². The quantitative estimate of drug-likeness (QED) is 0.465. The summed E-state index contributed by atoms with van der Waals surface area (Å²) in [6, 6.07) is 0. The van der Waals surface area contributed by atoms with Gasteiger partial charge in [-0.15, -0.1) is 0 Å². The Morgan fingerprint density at radius 3 is 2.00 bits per heavy atom. The highest BCUT2D eigenvalue weighted by Crippen LogP contribution is 1.66. The van der Waals surface area contributed by atoms with Crippen LogP contribution in [-0.2, 0) is 0 Å². The first-order valence-electron chi connectivity index (χ1n) is 0.632. The number of rotatable bonds is 0. The van der Waals surface area contributed by atoms with Gasteiger partial charge in [-0.3, -0.25) is 0 Å². The Morgan fingerprint density at radius 1 is 2.00 bits per heavy atom. The van der Waals surface area contributed by atoms with Crippen LogP contribution in [0.2, 0.25) is 0 Å². The summed E-state index contributed by atoms with van der Waals surface area (Å²) in [6.07, 6.45) is 0. The minimum Gasteiger partial charge on any atom is -0.470 e. The smallest absolute Gasteiger partial charge is 0.397 e. The third-order valence-electron chi connectivity index (χ3n) is 0. The molecule has 0 aromatic carbocycles. The van der Waals surface area contributed by atoms with Crippen LogP contribution in [0.25, 0.3) is 0 Å². The Kier molecular flexibility index (Phi) is 0.979. The van der Waals surface area contributed by atoms with E-state index in [1.165, 1.54) is 0 Å². The molecule has 0 aromatic heterocycles. The van der Waals surface area contributed by atoms with Gasteiger partial charge in [-0.25, -0.2) is 4.79 Å². The largest absolute Gasteiger partial charge is 0.470 e. The zero-order chi connectivity index (χ0) is 3.58. The van der Waals surface area contributed by atoms with Crippen LogP contribution >= 0.6 is 12.6 Å². The maximum absolute atomic E-state index is 8.81. The van der Waals surface area contributed by atoms with E-state index < -0.39 is 5.30 Å². The summed E-state index contributed by atoms with van der Waals surface area (Å²) in [7, 11) is 0. The first-order valence-corrected chi connectivity index (χ1v) is 1.04. The molecule has 0 heterocycles. The summed E-state index contributed by atoms with van der Waals surface area (Å²) in [5.41, 5.74) is 0. The van der Waals surface area contributed by atoms with Crippen molar-refractivity contribution in [2.45, 2.75) is 0 Å². The maximum atomic E-state index is 8.81. The molecule has 0 spiro atoms. The van der Waals surface area contributed by atoms with Crippen molar-refractivity contribution in [1.29, 1.82) is 0 Å². The van der Waals surface area contributed by atoms with E-state index in [0.29, 0.717) is 0 Å². The highest BCUT2D eigenvalue weighted by Gasteiger charge is 1.71. The van der Waals surface area contributed by atoms with Crippen LogP contribution < -0.4 is 0 Å². The van der Waals surface area contributed by atoms with Crippen LogP contribution in [0.15, 0.2) is 0 Å². The molecule has 1 N–H and O–H groups in total. The average Bonchev–Trinajstić information content (AvgIpc) is 0.811. The molecule has 0 atom stereocenters. The predicted octanol–water partition coefficient (Wildman–Crippen LogP) is 0.862. The van der Waals surface area contributed by atoms with Crippen molar-refractivity contribution in [1.82, 2.24) is 0 Å². The molecular weight excluding hydrogens is 76.1 g/mol. The summed E-state index contributed by atoms with van der Waals surface area (Å²) in [5.74, 6) is 0. The van der Waals surface area contributed by atoms with Crippen molar-refractivity contribution >= 4 is 17.9 Å². The number of carbonyl (C=O) groups is 1. The third kappa shape index (κ3) is 8.37. The second-order valence-electron chi connectivity index (χ2n) is 0.266. The fraction of sp³-hybridized carbons (Fsp3) is 0. The fourth-order valence-corrected chi connectivity index (χ4v) is 0. The van der Waals surface area contributed by atoms with Crippen LogP contribution in [0.4, 0.5) is 4.79 Å². The van der Waals surface area contributed by atoms with Crippen LogP contribution in [0, 0.1) is 0 Å². The first-order chi connectivity index (χ1) is 1.73. The molecule has 2 nitrogen and oxygen atoms in total. The Bertz CT molecular complexity index is 29.0. The molecule has 0 amide bonds. The van der Waals surface area contributed by atoms with Crippen molar-refractivity contribution in [3.63, 3.8) is 0 Å². The lowest BCUT2D eigenvalue weighted by Gasteiger charge is -1.55. The van der Waals surface area contributed by atoms with E-state index in [-0.39, 0.29) is 0 Å². The second kappa shape index (κ2) is 1.06. The van der Waals surface area contributed by atoms with E-state index in [2.05, 4.69) is 12.6 Å². The number of hydrogen-bond donors (Lipinski definition) is 1. The van der Waals surface area contributed by atoms with Gasteiger partial charge in [-0.1, -0.05) is 0 Å². The molecule has 0 aromatic rings. The molecule has 0 fully saturated rings. The highest BCUT2D eigenvalue weighted by atomic mass is 32.1. The molecule has 0 saturated heterocycles. The van der Waals surface area contributed by atoms with Gasteiger partial charge in [0.2, 0.25) is 0 Å². The van der Waals surface area contributed by atoms with Crippen LogP contribution in [0.5, 0.6) is 0 Å². The molecule has 3 heteroatoms. The van der Waals surface area contributed by atoms with E-state index in [0.717, 1.165) is 0 Å². The summed E-state index contributed by atoms with van der Waals surface area (Å²) in [6.45, 7) is 0. The van der Waals surface area contributed by atoms with E-state index in [1.54, 1.807) is 0 Å². The number of carboxylic acid groups (broad SMARTS) is 1. The van der Waals surface area contributed by atoms with Crippen molar-refractivity contribution in [3.05, 3.63) is 0 Å². The molecule has 1 radical (unpaired) electrons. The zero-order valence-corrected chi connectivity index (χ0v) is 2.58. The first kappa shape index (κ1) is 3.69. The van der Waals surface area contributed by atoms with Crippen molar-refractivity contribution in [3.8, 4) is 0 Å². The SMILES string of the molecule is O=C(O)[S]. The van der Waals surface area contributed by atoms with Crippen LogP contribution in [0.1, 0.15) is 0 Å². The van der Waals surface area contributed by atoms with Gasteiger partial charge in [0.05, 0.1) is 0 Å². The Hall–Kier alpha value is -0.310. The minimum atomic E-state index is -1.25. The molecule has 0 aliphatic carbocycles. The van der Waals surface area contributed by atoms with Gasteiger partial charge < -0.3 is 5.11 Å². The zero-order valence-electron chi connectivity index (χ0n) is 1.76. The summed E-state index contributed by atoms with van der Waals surface area (Å²) in [4.78, 5) is 8.81. The molecule has 0 bridgehead atoms. The van der Waals surface area contributed by atoms with Gasteiger partial charge in [0.15, 0.2) is 0 Å². The molecule has 0 aliphatic rings. The van der Waals surface area contributed by atoms with Gasteiger partial charge in [-0.2, -0.15) is 0 Å². The Morgan fingerprint density at radius 2 is 2.00 bits per heavy atom. The normalized spacial score (nSPS) is 6.00. The molecule has 0 aliphatic heterocycles. The van der Waals surface area contributed by atoms with Crippen LogP contribution in [-0.4, -0.2) is 10.4 Å². The molecular formula is CHO2S. The average molecular weight is 77.1 g/mol. The molecule has 0 unspecified atom stereocenters. The molecule has 0 saturated carbocycles. The standard InChI is InChI=1S/CHO2S/c2-1(3)4/h(H,2,3). The lowest BCUT2D eigenvalue weighted by atomic mass is 11.6. The Labute approximate surface area is 28.9 Å². The summed E-state index contributed by atoms with van der Waals surface area (Å²) < 4.78 is 0. The van der Waals surface area contributed by atoms with Gasteiger partial charge >= 0.3 is 5.30 Å². The van der Waals surface area contributed by atoms with Gasteiger partial charge in [-0.05, 0) is 0 Å². The summed E-state index contributed by atoms with van der Waals surface area (Å²) >= 11 is 3.54. The van der Waals surface area contributed by atoms with Crippen molar-refractivity contribution in [2.75, 3.05) is 0 Å². The molecule has 4 heavy (non-hydrogen) atoms. The highest BCUT2D eigenvalue weighted by molar-refractivity contribution is 7.96. The predicted molar refractivity (Wildman–Crippen MR) is 15.6 cm³/mol. The fourth-order valence-electron chi connectivity index (χ4n) is 0. The minimum absolute atomic E-state index is 1.25. The third-order valence-corrected chi connectivity index (χ3v) is 0. The van der Waals surface area contributed by atoms with Crippen molar-refractivity contribution in [2.24, 2.45) is 0 Å². The van der Waals surface area contributed by atoms with Gasteiger partial charge in [0, 0.05) is 12.6 Å². The van der Waals surface area contributed by atoms with Crippen LogP contribution in [0.3, 0.4) is 0 Å². The van der Waals surface area contributed by atoms with E-state index >= 15 is 0 Å². The monoisotopic (exact) mass is 77.0 g/mol. The van der Waals surface area contributed by atoms with Gasteiger partial charge in [0.1, 0.15) is 0 Å². The molecule has 23 valence electrons. The Balaban J connectivity index is 2.80. The van der Waals surface area contributed by atoms with Crippen molar-refractivity contribution < 1.29 is 9.90 Å².